The molecule has 0 atom stereocenters. The Labute approximate surface area is 136 Å². The van der Waals surface area contributed by atoms with Crippen LogP contribution in [0.15, 0.2) is 54.7 Å². The smallest absolute Gasteiger partial charge is 0.340 e. The Morgan fingerprint density at radius 1 is 1.04 bits per heavy atom. The van der Waals surface area contributed by atoms with Crippen molar-refractivity contribution in [3.8, 4) is 0 Å². The molecule has 0 N–H and O–H groups in total. The minimum absolute atomic E-state index is 0.0559. The van der Waals surface area contributed by atoms with Gasteiger partial charge in [0.1, 0.15) is 5.56 Å². The van der Waals surface area contributed by atoms with Gasteiger partial charge in [-0.2, -0.15) is 0 Å². The van der Waals surface area contributed by atoms with Crippen LogP contribution in [0.2, 0.25) is 0 Å². The lowest BCUT2D eigenvalue weighted by Gasteiger charge is -2.04. The maximum absolute atomic E-state index is 12.8. The van der Waals surface area contributed by atoms with Crippen molar-refractivity contribution >= 4 is 28.5 Å². The van der Waals surface area contributed by atoms with E-state index in [1.54, 1.807) is 30.3 Å². The molecule has 0 saturated heterocycles. The number of ether oxygens (including phenoxy) is 1. The molecule has 1 aromatic heterocycles. The number of carbonyl (C=O) groups is 2. The summed E-state index contributed by atoms with van der Waals surface area (Å²) in [6, 6.07) is 12.5. The first-order valence-corrected chi connectivity index (χ1v) is 7.01. The molecule has 3 aromatic rings. The van der Waals surface area contributed by atoms with Gasteiger partial charge in [0, 0.05) is 17.6 Å². The number of hydrogen-bond acceptors (Lipinski definition) is 5. The molecule has 7 heteroatoms. The van der Waals surface area contributed by atoms with Gasteiger partial charge in [-0.05, 0) is 12.1 Å². The third-order valence-corrected chi connectivity index (χ3v) is 3.67. The molecular formula is C17H12N2O5. The van der Waals surface area contributed by atoms with Crippen LogP contribution in [-0.2, 0) is 4.74 Å². The fourth-order valence-corrected chi connectivity index (χ4v) is 2.56. The Kier molecular flexibility index (Phi) is 3.83. The predicted octanol–water partition coefficient (Wildman–Crippen LogP) is 3.02. The Balaban J connectivity index is 2.22. The molecule has 0 aliphatic carbocycles. The third kappa shape index (κ3) is 2.41. The average molecular weight is 324 g/mol. The summed E-state index contributed by atoms with van der Waals surface area (Å²) in [5.41, 5.74) is 0.348. The zero-order valence-corrected chi connectivity index (χ0v) is 12.6. The SMILES string of the molecule is COC(=O)c1cn(C(=O)c2ccccc2[N+](=O)[O-])c2ccccc12. The van der Waals surface area contributed by atoms with E-state index in [9.17, 15) is 19.7 Å². The number of nitro benzene ring substituents is 1. The first-order valence-electron chi connectivity index (χ1n) is 7.01. The van der Waals surface area contributed by atoms with E-state index in [1.165, 1.54) is 36.1 Å². The van der Waals surface area contributed by atoms with Crippen LogP contribution in [0.3, 0.4) is 0 Å². The maximum Gasteiger partial charge on any atom is 0.340 e. The molecule has 0 amide bonds. The summed E-state index contributed by atoms with van der Waals surface area (Å²) in [6.07, 6.45) is 1.34. The zero-order valence-electron chi connectivity index (χ0n) is 12.6. The van der Waals surface area contributed by atoms with Gasteiger partial charge in [-0.3, -0.25) is 19.5 Å². The number of para-hydroxylation sites is 2. The normalized spacial score (nSPS) is 10.5. The molecule has 0 fully saturated rings. The van der Waals surface area contributed by atoms with E-state index in [0.717, 1.165) is 0 Å². The highest BCUT2D eigenvalue weighted by Gasteiger charge is 2.24. The van der Waals surface area contributed by atoms with Crippen LogP contribution in [-0.4, -0.2) is 28.5 Å². The van der Waals surface area contributed by atoms with E-state index in [-0.39, 0.29) is 16.8 Å². The number of aromatic nitrogens is 1. The molecule has 0 aliphatic rings. The van der Waals surface area contributed by atoms with Gasteiger partial charge in [0.25, 0.3) is 11.6 Å². The van der Waals surface area contributed by atoms with Crippen LogP contribution in [0.1, 0.15) is 20.7 Å². The summed E-state index contributed by atoms with van der Waals surface area (Å²) >= 11 is 0. The van der Waals surface area contributed by atoms with Gasteiger partial charge in [0.2, 0.25) is 0 Å². The summed E-state index contributed by atoms with van der Waals surface area (Å²) in [5.74, 6) is -1.17. The molecule has 0 bridgehead atoms. The number of nitrogens with zero attached hydrogens (tertiary/aromatic N) is 2. The van der Waals surface area contributed by atoms with Crippen molar-refractivity contribution in [3.05, 3.63) is 76.0 Å². The third-order valence-electron chi connectivity index (χ3n) is 3.67. The van der Waals surface area contributed by atoms with E-state index in [1.807, 2.05) is 0 Å². The Morgan fingerprint density at radius 2 is 1.71 bits per heavy atom. The molecule has 0 aliphatic heterocycles. The van der Waals surface area contributed by atoms with E-state index < -0.39 is 16.8 Å². The quantitative estimate of drug-likeness (QED) is 0.419. The second-order valence-electron chi connectivity index (χ2n) is 5.00. The first kappa shape index (κ1) is 15.4. The minimum Gasteiger partial charge on any atom is -0.465 e. The van der Waals surface area contributed by atoms with Crippen molar-refractivity contribution in [2.45, 2.75) is 0 Å². The largest absolute Gasteiger partial charge is 0.465 e. The summed E-state index contributed by atoms with van der Waals surface area (Å²) in [7, 11) is 1.25. The monoisotopic (exact) mass is 324 g/mol. The Hall–Kier alpha value is -3.48. The highest BCUT2D eigenvalue weighted by molar-refractivity contribution is 6.10. The van der Waals surface area contributed by atoms with E-state index in [0.29, 0.717) is 10.9 Å². The molecule has 0 saturated carbocycles. The molecule has 7 nitrogen and oxygen atoms in total. The van der Waals surface area contributed by atoms with E-state index in [2.05, 4.69) is 0 Å². The number of esters is 1. The zero-order chi connectivity index (χ0) is 17.3. The Morgan fingerprint density at radius 3 is 2.42 bits per heavy atom. The van der Waals surface area contributed by atoms with Gasteiger partial charge in [0.15, 0.2) is 0 Å². The topological polar surface area (TPSA) is 91.4 Å². The van der Waals surface area contributed by atoms with Crippen LogP contribution >= 0.6 is 0 Å². The number of hydrogen-bond donors (Lipinski definition) is 0. The van der Waals surface area contributed by atoms with Crippen LogP contribution in [0.4, 0.5) is 5.69 Å². The first-order chi connectivity index (χ1) is 11.5. The molecule has 3 rings (SSSR count). The molecule has 2 aromatic carbocycles. The maximum atomic E-state index is 12.8. The van der Waals surface area contributed by atoms with Crippen molar-refractivity contribution in [1.82, 2.24) is 4.57 Å². The predicted molar refractivity (Wildman–Crippen MR) is 86.1 cm³/mol. The van der Waals surface area contributed by atoms with Gasteiger partial charge >= 0.3 is 5.97 Å². The van der Waals surface area contributed by atoms with Crippen molar-refractivity contribution in [2.24, 2.45) is 0 Å². The minimum atomic E-state index is -0.611. The summed E-state index contributed by atoms with van der Waals surface area (Å²) in [5, 5.41) is 11.7. The molecule has 0 unspecified atom stereocenters. The van der Waals surface area contributed by atoms with Crippen LogP contribution in [0, 0.1) is 10.1 Å². The molecule has 120 valence electrons. The van der Waals surface area contributed by atoms with Crippen molar-refractivity contribution in [1.29, 1.82) is 0 Å². The van der Waals surface area contributed by atoms with Crippen molar-refractivity contribution in [3.63, 3.8) is 0 Å². The van der Waals surface area contributed by atoms with Gasteiger partial charge in [-0.25, -0.2) is 4.79 Å². The number of benzene rings is 2. The second-order valence-corrected chi connectivity index (χ2v) is 5.00. The fraction of sp³-hybridized carbons (Fsp3) is 0.0588. The van der Waals surface area contributed by atoms with Gasteiger partial charge < -0.3 is 4.74 Å². The van der Waals surface area contributed by atoms with Gasteiger partial charge in [0.05, 0.1) is 23.1 Å². The van der Waals surface area contributed by atoms with Crippen molar-refractivity contribution in [2.75, 3.05) is 7.11 Å². The highest BCUT2D eigenvalue weighted by Crippen LogP contribution is 2.25. The number of methoxy groups -OCH3 is 1. The second kappa shape index (κ2) is 5.96. The lowest BCUT2D eigenvalue weighted by Crippen LogP contribution is -2.13. The highest BCUT2D eigenvalue weighted by atomic mass is 16.6. The number of fused-ring (bicyclic) bond motifs is 1. The summed E-state index contributed by atoms with van der Waals surface area (Å²) < 4.78 is 5.96. The van der Waals surface area contributed by atoms with E-state index >= 15 is 0 Å². The molecule has 0 radical (unpaired) electrons. The number of rotatable bonds is 3. The Bertz CT molecular complexity index is 974. The molecule has 24 heavy (non-hydrogen) atoms. The summed E-state index contributed by atoms with van der Waals surface area (Å²) in [4.78, 5) is 35.3. The van der Waals surface area contributed by atoms with Crippen LogP contribution in [0.25, 0.3) is 10.9 Å². The van der Waals surface area contributed by atoms with Crippen LogP contribution < -0.4 is 0 Å². The lowest BCUT2D eigenvalue weighted by molar-refractivity contribution is -0.385. The summed E-state index contributed by atoms with van der Waals surface area (Å²) in [6.45, 7) is 0. The van der Waals surface area contributed by atoms with Crippen LogP contribution in [0.5, 0.6) is 0 Å². The van der Waals surface area contributed by atoms with Gasteiger partial charge in [-0.1, -0.05) is 30.3 Å². The molecule has 1 heterocycles. The number of nitro groups is 1. The molecule has 0 spiro atoms. The average Bonchev–Trinajstić information content (AvgIpc) is 3.00. The lowest BCUT2D eigenvalue weighted by atomic mass is 10.1. The van der Waals surface area contributed by atoms with Crippen molar-refractivity contribution < 1.29 is 19.2 Å². The fourth-order valence-electron chi connectivity index (χ4n) is 2.56. The van der Waals surface area contributed by atoms with E-state index in [4.69, 9.17) is 4.74 Å². The standard InChI is InChI=1S/C17H12N2O5/c1-24-17(21)13-10-18(14-8-4-2-6-11(13)14)16(20)12-7-3-5-9-15(12)19(22)23/h2-10H,1H3. The molecular weight excluding hydrogens is 312 g/mol. The number of carbonyl (C=O) groups excluding carboxylic acids is 2. The van der Waals surface area contributed by atoms with Gasteiger partial charge in [-0.15, -0.1) is 0 Å².